The summed E-state index contributed by atoms with van der Waals surface area (Å²) in [5, 5.41) is 3.65. The highest BCUT2D eigenvalue weighted by Gasteiger charge is 2.31. The molecule has 0 aliphatic carbocycles. The highest BCUT2D eigenvalue weighted by atomic mass is 16.5. The second-order valence-corrected chi connectivity index (χ2v) is 7.08. The fourth-order valence-electron chi connectivity index (χ4n) is 3.08. The number of rotatable bonds is 8. The van der Waals surface area contributed by atoms with Crippen LogP contribution in [0.25, 0.3) is 0 Å². The lowest BCUT2D eigenvalue weighted by Gasteiger charge is -2.19. The van der Waals surface area contributed by atoms with Crippen LogP contribution in [0.1, 0.15) is 70.9 Å². The van der Waals surface area contributed by atoms with Gasteiger partial charge in [-0.25, -0.2) is 0 Å². The Morgan fingerprint density at radius 2 is 2.05 bits per heavy atom. The van der Waals surface area contributed by atoms with Crippen molar-refractivity contribution in [3.8, 4) is 5.75 Å². The second kappa shape index (κ2) is 7.31. The van der Waals surface area contributed by atoms with Crippen molar-refractivity contribution in [1.82, 2.24) is 5.32 Å². The zero-order valence-corrected chi connectivity index (χ0v) is 14.2. The van der Waals surface area contributed by atoms with Crippen LogP contribution in [0.5, 0.6) is 5.75 Å². The molecule has 1 atom stereocenters. The standard InChI is InChI=1S/C19H31NO/c1-5-6-7-8-10-15(2)20-14-17-12-9-11-16-13-19(3,4)21-18(16)17/h9,11-12,15,20H,5-8,10,13-14H2,1-4H3. The van der Waals surface area contributed by atoms with Crippen LogP contribution in [0.3, 0.4) is 0 Å². The van der Waals surface area contributed by atoms with E-state index in [0.717, 1.165) is 18.7 Å². The van der Waals surface area contributed by atoms with Crippen molar-refractivity contribution in [2.75, 3.05) is 0 Å². The van der Waals surface area contributed by atoms with Crippen molar-refractivity contribution in [2.45, 2.75) is 84.4 Å². The van der Waals surface area contributed by atoms with E-state index in [1.807, 2.05) is 0 Å². The zero-order valence-electron chi connectivity index (χ0n) is 14.2. The molecule has 118 valence electrons. The Labute approximate surface area is 130 Å². The molecule has 2 nitrogen and oxygen atoms in total. The lowest BCUT2D eigenvalue weighted by atomic mass is 10.0. The quantitative estimate of drug-likeness (QED) is 0.691. The average Bonchev–Trinajstić information content (AvgIpc) is 2.75. The van der Waals surface area contributed by atoms with Crippen molar-refractivity contribution < 1.29 is 4.74 Å². The van der Waals surface area contributed by atoms with Crippen LogP contribution in [0, 0.1) is 0 Å². The highest BCUT2D eigenvalue weighted by molar-refractivity contribution is 5.45. The lowest BCUT2D eigenvalue weighted by molar-refractivity contribution is 0.137. The third-order valence-corrected chi connectivity index (χ3v) is 4.30. The summed E-state index contributed by atoms with van der Waals surface area (Å²) in [6, 6.07) is 7.12. The molecule has 21 heavy (non-hydrogen) atoms. The van der Waals surface area contributed by atoms with E-state index in [2.05, 4.69) is 51.2 Å². The smallest absolute Gasteiger partial charge is 0.127 e. The molecule has 2 heteroatoms. The van der Waals surface area contributed by atoms with E-state index >= 15 is 0 Å². The minimum absolute atomic E-state index is 0.0514. The molecule has 0 saturated carbocycles. The highest BCUT2D eigenvalue weighted by Crippen LogP contribution is 2.37. The van der Waals surface area contributed by atoms with Crippen molar-refractivity contribution in [3.05, 3.63) is 29.3 Å². The van der Waals surface area contributed by atoms with Gasteiger partial charge in [0.05, 0.1) is 0 Å². The third kappa shape index (κ3) is 4.74. The summed E-state index contributed by atoms with van der Waals surface area (Å²) in [6.45, 7) is 9.80. The van der Waals surface area contributed by atoms with Gasteiger partial charge in [-0.3, -0.25) is 0 Å². The molecule has 0 bridgehead atoms. The number of fused-ring (bicyclic) bond motifs is 1. The first-order valence-corrected chi connectivity index (χ1v) is 8.55. The molecule has 1 heterocycles. The molecule has 0 fully saturated rings. The number of benzene rings is 1. The maximum atomic E-state index is 6.13. The summed E-state index contributed by atoms with van der Waals surface area (Å²) in [7, 11) is 0. The molecule has 0 radical (unpaired) electrons. The molecule has 1 unspecified atom stereocenters. The van der Waals surface area contributed by atoms with Gasteiger partial charge in [-0.05, 0) is 32.8 Å². The molecule has 1 aliphatic rings. The Balaban J connectivity index is 1.83. The van der Waals surface area contributed by atoms with Gasteiger partial charge in [0.2, 0.25) is 0 Å². The number of ether oxygens (including phenoxy) is 1. The molecular formula is C19H31NO. The van der Waals surface area contributed by atoms with Crippen LogP contribution in [0.2, 0.25) is 0 Å². The Kier molecular flexibility index (Phi) is 5.69. The monoisotopic (exact) mass is 289 g/mol. The normalized spacial score (nSPS) is 17.3. The summed E-state index contributed by atoms with van der Waals surface area (Å²) in [4.78, 5) is 0. The third-order valence-electron chi connectivity index (χ3n) is 4.30. The van der Waals surface area contributed by atoms with E-state index in [-0.39, 0.29) is 5.60 Å². The van der Waals surface area contributed by atoms with Gasteiger partial charge in [0.15, 0.2) is 0 Å². The van der Waals surface area contributed by atoms with Crippen molar-refractivity contribution in [1.29, 1.82) is 0 Å². The predicted molar refractivity (Wildman–Crippen MR) is 89.9 cm³/mol. The lowest BCUT2D eigenvalue weighted by Crippen LogP contribution is -2.27. The van der Waals surface area contributed by atoms with E-state index in [9.17, 15) is 0 Å². The summed E-state index contributed by atoms with van der Waals surface area (Å²) in [5.41, 5.74) is 2.61. The van der Waals surface area contributed by atoms with E-state index in [0.29, 0.717) is 6.04 Å². The topological polar surface area (TPSA) is 21.3 Å². The van der Waals surface area contributed by atoms with Gasteiger partial charge in [0.1, 0.15) is 11.4 Å². The van der Waals surface area contributed by atoms with Crippen LogP contribution in [0.4, 0.5) is 0 Å². The van der Waals surface area contributed by atoms with E-state index in [1.165, 1.54) is 43.2 Å². The Morgan fingerprint density at radius 3 is 2.81 bits per heavy atom. The maximum Gasteiger partial charge on any atom is 0.127 e. The number of para-hydroxylation sites is 1. The summed E-state index contributed by atoms with van der Waals surface area (Å²) in [6.07, 6.45) is 7.65. The minimum Gasteiger partial charge on any atom is -0.487 e. The molecule has 0 aromatic heterocycles. The Hall–Kier alpha value is -1.02. The first kappa shape index (κ1) is 16.4. The number of unbranched alkanes of at least 4 members (excludes halogenated alkanes) is 3. The maximum absolute atomic E-state index is 6.13. The van der Waals surface area contributed by atoms with Crippen LogP contribution in [0.15, 0.2) is 18.2 Å². The van der Waals surface area contributed by atoms with Crippen LogP contribution in [-0.4, -0.2) is 11.6 Å². The predicted octanol–water partition coefficient (Wildman–Crippen LogP) is 4.85. The summed E-state index contributed by atoms with van der Waals surface area (Å²) >= 11 is 0. The molecule has 1 aromatic carbocycles. The molecular weight excluding hydrogens is 258 g/mol. The first-order valence-electron chi connectivity index (χ1n) is 8.55. The first-order chi connectivity index (χ1) is 10.0. The van der Waals surface area contributed by atoms with Gasteiger partial charge < -0.3 is 10.1 Å². The largest absolute Gasteiger partial charge is 0.487 e. The number of nitrogens with one attached hydrogen (secondary N) is 1. The van der Waals surface area contributed by atoms with Crippen molar-refractivity contribution >= 4 is 0 Å². The van der Waals surface area contributed by atoms with Crippen LogP contribution < -0.4 is 10.1 Å². The summed E-state index contributed by atoms with van der Waals surface area (Å²) < 4.78 is 6.13. The van der Waals surface area contributed by atoms with E-state index < -0.39 is 0 Å². The van der Waals surface area contributed by atoms with Gasteiger partial charge in [0.25, 0.3) is 0 Å². The fourth-order valence-corrected chi connectivity index (χ4v) is 3.08. The second-order valence-electron chi connectivity index (χ2n) is 7.08. The molecule has 1 aromatic rings. The average molecular weight is 289 g/mol. The van der Waals surface area contributed by atoms with Crippen molar-refractivity contribution in [3.63, 3.8) is 0 Å². The minimum atomic E-state index is -0.0514. The van der Waals surface area contributed by atoms with Crippen LogP contribution >= 0.6 is 0 Å². The molecule has 2 rings (SSSR count). The Bertz CT molecular complexity index is 453. The number of hydrogen-bond donors (Lipinski definition) is 1. The fraction of sp³-hybridized carbons (Fsp3) is 0.684. The molecule has 0 amide bonds. The molecule has 1 aliphatic heterocycles. The number of hydrogen-bond acceptors (Lipinski definition) is 2. The van der Waals surface area contributed by atoms with E-state index in [4.69, 9.17) is 4.74 Å². The SMILES string of the molecule is CCCCCCC(C)NCc1cccc2c1OC(C)(C)C2. The molecule has 0 spiro atoms. The van der Waals surface area contributed by atoms with Gasteiger partial charge in [-0.15, -0.1) is 0 Å². The summed E-state index contributed by atoms with van der Waals surface area (Å²) in [5.74, 6) is 1.12. The zero-order chi connectivity index (χ0) is 15.3. The molecule has 1 N–H and O–H groups in total. The van der Waals surface area contributed by atoms with E-state index in [1.54, 1.807) is 0 Å². The van der Waals surface area contributed by atoms with Gasteiger partial charge >= 0.3 is 0 Å². The van der Waals surface area contributed by atoms with Crippen molar-refractivity contribution in [2.24, 2.45) is 0 Å². The van der Waals surface area contributed by atoms with Gasteiger partial charge in [-0.2, -0.15) is 0 Å². The molecule has 0 saturated heterocycles. The van der Waals surface area contributed by atoms with Gasteiger partial charge in [-0.1, -0.05) is 50.8 Å². The van der Waals surface area contributed by atoms with Crippen LogP contribution in [-0.2, 0) is 13.0 Å². The Morgan fingerprint density at radius 1 is 1.24 bits per heavy atom. The van der Waals surface area contributed by atoms with Gasteiger partial charge in [0, 0.05) is 24.6 Å².